The highest BCUT2D eigenvalue weighted by Gasteiger charge is 2.02. The van der Waals surface area contributed by atoms with Gasteiger partial charge in [0.15, 0.2) is 0 Å². The van der Waals surface area contributed by atoms with E-state index in [9.17, 15) is 13.2 Å². The summed E-state index contributed by atoms with van der Waals surface area (Å²) in [4.78, 5) is 9.86. The van der Waals surface area contributed by atoms with Crippen LogP contribution in [0.15, 0.2) is 0 Å². The molecule has 0 unspecified atom stereocenters. The number of carbonyl (C=O) groups excluding carboxylic acids is 1. The number of rotatable bonds is 1. The number of hydrogen-bond acceptors (Lipinski definition) is 4. The Morgan fingerprint density at radius 1 is 1.44 bits per heavy atom. The summed E-state index contributed by atoms with van der Waals surface area (Å²) in [5.41, 5.74) is 0. The molecule has 0 saturated heterocycles. The fraction of sp³-hybridized carbons (Fsp3) is 0.750. The Bertz CT molecular complexity index is 179. The van der Waals surface area contributed by atoms with Crippen LogP contribution < -0.4 is 0 Å². The Labute approximate surface area is 54.9 Å². The van der Waals surface area contributed by atoms with Crippen LogP contribution in [-0.4, -0.2) is 20.6 Å². The van der Waals surface area contributed by atoms with Gasteiger partial charge in [0.05, 0.1) is 6.26 Å². The Hall–Kier alpha value is -0.580. The van der Waals surface area contributed by atoms with Crippen molar-refractivity contribution in [2.75, 3.05) is 6.26 Å². The molecule has 5 heteroatoms. The molecular weight excluding hydrogens is 144 g/mol. The van der Waals surface area contributed by atoms with Crippen molar-refractivity contribution in [3.05, 3.63) is 0 Å². The van der Waals surface area contributed by atoms with Gasteiger partial charge in [0.1, 0.15) is 0 Å². The van der Waals surface area contributed by atoms with Crippen LogP contribution in [0.25, 0.3) is 0 Å². The van der Waals surface area contributed by atoms with Crippen molar-refractivity contribution in [2.45, 2.75) is 14.4 Å². The largest absolute Gasteiger partial charge is 0.346 e. The lowest BCUT2D eigenvalue weighted by atomic mass is 10.9. The van der Waals surface area contributed by atoms with E-state index >= 15 is 0 Å². The Kier molecular flexibility index (Phi) is 4.31. The van der Waals surface area contributed by atoms with E-state index in [0.717, 1.165) is 13.2 Å². The van der Waals surface area contributed by atoms with Crippen molar-refractivity contribution in [2.24, 2.45) is 0 Å². The lowest BCUT2D eigenvalue weighted by Crippen LogP contribution is -2.06. The molecule has 0 aliphatic rings. The van der Waals surface area contributed by atoms with E-state index in [1.807, 2.05) is 0 Å². The molecule has 0 aromatic carbocycles. The third kappa shape index (κ3) is 11.2. The summed E-state index contributed by atoms with van der Waals surface area (Å²) in [5.74, 6) is -0.812. The molecule has 0 fully saturated rings. The minimum atomic E-state index is -3.57. The molecule has 0 aromatic rings. The van der Waals surface area contributed by atoms with Crippen LogP contribution >= 0.6 is 0 Å². The first-order valence-electron chi connectivity index (χ1n) is 1.82. The molecule has 0 radical (unpaired) electrons. The first kappa shape index (κ1) is 11.2. The van der Waals surface area contributed by atoms with Crippen LogP contribution in [0.4, 0.5) is 0 Å². The smallest absolute Gasteiger partial charge is 0.319 e. The minimum Gasteiger partial charge on any atom is -0.346 e. The molecule has 0 atom stereocenters. The predicted molar refractivity (Wildman–Crippen MR) is 33.3 cm³/mol. The van der Waals surface area contributed by atoms with Gasteiger partial charge in [0.25, 0.3) is 0 Å². The fourth-order valence-corrected chi connectivity index (χ4v) is 0.640. The van der Waals surface area contributed by atoms with Gasteiger partial charge in [0.2, 0.25) is 0 Å². The van der Waals surface area contributed by atoms with Gasteiger partial charge >= 0.3 is 16.1 Å². The van der Waals surface area contributed by atoms with Gasteiger partial charge < -0.3 is 4.18 Å². The molecular formula is C4H10O4S. The average molecular weight is 154 g/mol. The average Bonchev–Trinajstić information content (AvgIpc) is 1.21. The van der Waals surface area contributed by atoms with E-state index in [1.54, 1.807) is 0 Å². The second-order valence-corrected chi connectivity index (χ2v) is 2.85. The lowest BCUT2D eigenvalue weighted by Gasteiger charge is -1.92. The summed E-state index contributed by atoms with van der Waals surface area (Å²) in [6, 6.07) is 0. The minimum absolute atomic E-state index is 0. The van der Waals surface area contributed by atoms with Gasteiger partial charge in [-0.1, -0.05) is 7.43 Å². The zero-order valence-corrected chi connectivity index (χ0v) is 5.36. The fourth-order valence-electron chi connectivity index (χ4n) is 0.213. The van der Waals surface area contributed by atoms with Gasteiger partial charge in [-0.2, -0.15) is 8.42 Å². The van der Waals surface area contributed by atoms with E-state index in [0.29, 0.717) is 0 Å². The number of carbonyl (C=O) groups is 1. The molecule has 0 aromatic heterocycles. The van der Waals surface area contributed by atoms with Crippen LogP contribution in [0.5, 0.6) is 0 Å². The zero-order chi connectivity index (χ0) is 6.78. The van der Waals surface area contributed by atoms with E-state index < -0.39 is 16.1 Å². The SMILES string of the molecule is C.CC(=O)OS(C)(=O)=O. The molecule has 0 aliphatic carbocycles. The van der Waals surface area contributed by atoms with Crippen LogP contribution in [0, 0.1) is 0 Å². The predicted octanol–water partition coefficient (Wildman–Crippen LogP) is 0.145. The van der Waals surface area contributed by atoms with E-state index in [1.165, 1.54) is 0 Å². The van der Waals surface area contributed by atoms with Crippen molar-refractivity contribution in [3.63, 3.8) is 0 Å². The monoisotopic (exact) mass is 154 g/mol. The van der Waals surface area contributed by atoms with Crippen LogP contribution in [0.3, 0.4) is 0 Å². The van der Waals surface area contributed by atoms with Gasteiger partial charge in [-0.25, -0.2) is 0 Å². The Balaban J connectivity index is 0. The summed E-state index contributed by atoms with van der Waals surface area (Å²) in [6.07, 6.45) is 0.814. The van der Waals surface area contributed by atoms with Crippen LogP contribution in [0.2, 0.25) is 0 Å². The standard InChI is InChI=1S/C3H6O4S.CH4/c1-3(4)7-8(2,5)6;/h1-2H3;1H4. The molecule has 56 valence electrons. The molecule has 0 spiro atoms. The summed E-state index contributed by atoms with van der Waals surface area (Å²) < 4.78 is 23.8. The van der Waals surface area contributed by atoms with Gasteiger partial charge in [-0.15, -0.1) is 0 Å². The van der Waals surface area contributed by atoms with Crippen LogP contribution in [0.1, 0.15) is 14.4 Å². The van der Waals surface area contributed by atoms with E-state index in [-0.39, 0.29) is 7.43 Å². The Morgan fingerprint density at radius 3 is 1.78 bits per heavy atom. The summed E-state index contributed by atoms with van der Waals surface area (Å²) in [6.45, 7) is 1.03. The van der Waals surface area contributed by atoms with Gasteiger partial charge in [0, 0.05) is 6.92 Å². The lowest BCUT2D eigenvalue weighted by molar-refractivity contribution is -0.131. The molecule has 0 heterocycles. The molecule has 4 nitrogen and oxygen atoms in total. The quantitative estimate of drug-likeness (QED) is 0.504. The highest BCUT2D eigenvalue weighted by molar-refractivity contribution is 7.86. The summed E-state index contributed by atoms with van der Waals surface area (Å²) in [7, 11) is -3.57. The van der Waals surface area contributed by atoms with Crippen molar-refractivity contribution in [1.82, 2.24) is 0 Å². The molecule has 0 saturated carbocycles. The van der Waals surface area contributed by atoms with Crippen LogP contribution in [-0.2, 0) is 19.1 Å². The van der Waals surface area contributed by atoms with Crippen molar-refractivity contribution in [3.8, 4) is 0 Å². The molecule has 0 rings (SSSR count). The molecule has 0 bridgehead atoms. The summed E-state index contributed by atoms with van der Waals surface area (Å²) >= 11 is 0. The second kappa shape index (κ2) is 3.45. The van der Waals surface area contributed by atoms with Gasteiger partial charge in [-0.3, -0.25) is 4.79 Å². The Morgan fingerprint density at radius 2 is 1.78 bits per heavy atom. The normalized spacial score (nSPS) is 9.56. The first-order chi connectivity index (χ1) is 3.42. The first-order valence-corrected chi connectivity index (χ1v) is 3.63. The van der Waals surface area contributed by atoms with E-state index in [4.69, 9.17) is 0 Å². The van der Waals surface area contributed by atoms with Gasteiger partial charge in [-0.05, 0) is 0 Å². The highest BCUT2D eigenvalue weighted by atomic mass is 32.2. The molecule has 9 heavy (non-hydrogen) atoms. The molecule has 0 aliphatic heterocycles. The highest BCUT2D eigenvalue weighted by Crippen LogP contribution is 1.84. The number of hydrogen-bond donors (Lipinski definition) is 0. The van der Waals surface area contributed by atoms with E-state index in [2.05, 4.69) is 4.18 Å². The maximum absolute atomic E-state index is 10.00. The molecule has 0 N–H and O–H groups in total. The second-order valence-electron chi connectivity index (χ2n) is 1.28. The van der Waals surface area contributed by atoms with Crippen molar-refractivity contribution < 1.29 is 17.4 Å². The maximum Gasteiger partial charge on any atom is 0.319 e. The third-order valence-corrected chi connectivity index (χ3v) is 0.806. The van der Waals surface area contributed by atoms with Crippen molar-refractivity contribution >= 4 is 16.1 Å². The third-order valence-electron chi connectivity index (χ3n) is 0.269. The summed E-state index contributed by atoms with van der Waals surface area (Å²) in [5, 5.41) is 0. The zero-order valence-electron chi connectivity index (χ0n) is 4.54. The van der Waals surface area contributed by atoms with Crippen molar-refractivity contribution in [1.29, 1.82) is 0 Å². The maximum atomic E-state index is 10.00. The topological polar surface area (TPSA) is 60.4 Å². The molecule has 0 amide bonds.